The SMILES string of the molecule is CC1CC(C)(C)CCC1NCC1(C)COC1. The molecule has 2 heteroatoms. The predicted octanol–water partition coefficient (Wildman–Crippen LogP) is 2.83. The van der Waals surface area contributed by atoms with Crippen LogP contribution in [0.2, 0.25) is 0 Å². The van der Waals surface area contributed by atoms with Crippen LogP contribution in [0.4, 0.5) is 0 Å². The van der Waals surface area contributed by atoms with E-state index < -0.39 is 0 Å². The van der Waals surface area contributed by atoms with Gasteiger partial charge in [0.05, 0.1) is 13.2 Å². The number of ether oxygens (including phenoxy) is 1. The van der Waals surface area contributed by atoms with Gasteiger partial charge in [0.1, 0.15) is 0 Å². The van der Waals surface area contributed by atoms with Crippen LogP contribution in [0.25, 0.3) is 0 Å². The molecular formula is C14H27NO. The molecule has 2 nitrogen and oxygen atoms in total. The molecule has 0 aromatic rings. The van der Waals surface area contributed by atoms with E-state index in [0.717, 1.165) is 31.7 Å². The van der Waals surface area contributed by atoms with Gasteiger partial charge in [-0.1, -0.05) is 27.7 Å². The third kappa shape index (κ3) is 2.78. The molecule has 0 spiro atoms. The van der Waals surface area contributed by atoms with Gasteiger partial charge in [-0.05, 0) is 30.6 Å². The Labute approximate surface area is 100 Å². The average Bonchev–Trinajstić information content (AvgIpc) is 2.12. The van der Waals surface area contributed by atoms with Gasteiger partial charge < -0.3 is 10.1 Å². The lowest BCUT2D eigenvalue weighted by molar-refractivity contribution is -0.101. The van der Waals surface area contributed by atoms with Crippen LogP contribution < -0.4 is 5.32 Å². The summed E-state index contributed by atoms with van der Waals surface area (Å²) < 4.78 is 5.30. The Hall–Kier alpha value is -0.0800. The lowest BCUT2D eigenvalue weighted by Gasteiger charge is -2.43. The molecule has 2 fully saturated rings. The Kier molecular flexibility index (Phi) is 3.33. The summed E-state index contributed by atoms with van der Waals surface area (Å²) in [6.07, 6.45) is 4.06. The maximum atomic E-state index is 5.30. The van der Waals surface area contributed by atoms with Crippen molar-refractivity contribution >= 4 is 0 Å². The van der Waals surface area contributed by atoms with E-state index in [4.69, 9.17) is 4.74 Å². The van der Waals surface area contributed by atoms with Gasteiger partial charge in [-0.3, -0.25) is 0 Å². The Morgan fingerprint density at radius 2 is 1.94 bits per heavy atom. The molecule has 1 saturated carbocycles. The van der Waals surface area contributed by atoms with Gasteiger partial charge in [-0.2, -0.15) is 0 Å². The van der Waals surface area contributed by atoms with E-state index in [1.807, 2.05) is 0 Å². The summed E-state index contributed by atoms with van der Waals surface area (Å²) >= 11 is 0. The number of nitrogens with one attached hydrogen (secondary N) is 1. The average molecular weight is 225 g/mol. The minimum absolute atomic E-state index is 0.409. The van der Waals surface area contributed by atoms with Crippen LogP contribution in [0.15, 0.2) is 0 Å². The van der Waals surface area contributed by atoms with E-state index in [-0.39, 0.29) is 0 Å². The van der Waals surface area contributed by atoms with E-state index in [1.54, 1.807) is 0 Å². The summed E-state index contributed by atoms with van der Waals surface area (Å²) in [5.74, 6) is 0.813. The van der Waals surface area contributed by atoms with E-state index in [9.17, 15) is 0 Å². The first-order chi connectivity index (χ1) is 7.40. The summed E-state index contributed by atoms with van der Waals surface area (Å²) in [5.41, 5.74) is 0.966. The van der Waals surface area contributed by atoms with Crippen molar-refractivity contribution in [3.05, 3.63) is 0 Å². The summed E-state index contributed by atoms with van der Waals surface area (Å²) in [4.78, 5) is 0. The van der Waals surface area contributed by atoms with E-state index in [0.29, 0.717) is 10.8 Å². The highest BCUT2D eigenvalue weighted by atomic mass is 16.5. The van der Waals surface area contributed by atoms with Gasteiger partial charge >= 0.3 is 0 Å². The highest BCUT2D eigenvalue weighted by molar-refractivity contribution is 4.90. The van der Waals surface area contributed by atoms with Crippen molar-refractivity contribution in [1.82, 2.24) is 5.32 Å². The lowest BCUT2D eigenvalue weighted by Crippen LogP contribution is -2.52. The van der Waals surface area contributed by atoms with Crippen LogP contribution in [0.3, 0.4) is 0 Å². The molecule has 0 radical (unpaired) electrons. The highest BCUT2D eigenvalue weighted by Gasteiger charge is 2.36. The second-order valence-corrected chi connectivity index (χ2v) is 7.18. The van der Waals surface area contributed by atoms with Crippen molar-refractivity contribution in [2.75, 3.05) is 19.8 Å². The first-order valence-electron chi connectivity index (χ1n) is 6.71. The molecule has 2 unspecified atom stereocenters. The monoisotopic (exact) mass is 225 g/mol. The molecule has 0 aromatic carbocycles. The topological polar surface area (TPSA) is 21.3 Å². The number of hydrogen-bond acceptors (Lipinski definition) is 2. The van der Waals surface area contributed by atoms with Crippen LogP contribution in [-0.2, 0) is 4.74 Å². The zero-order valence-corrected chi connectivity index (χ0v) is 11.3. The lowest BCUT2D eigenvalue weighted by atomic mass is 9.70. The maximum absolute atomic E-state index is 5.30. The summed E-state index contributed by atoms with van der Waals surface area (Å²) in [5, 5.41) is 3.77. The molecule has 2 rings (SSSR count). The van der Waals surface area contributed by atoms with Gasteiger partial charge in [-0.25, -0.2) is 0 Å². The smallest absolute Gasteiger partial charge is 0.0554 e. The second-order valence-electron chi connectivity index (χ2n) is 7.18. The molecule has 0 bridgehead atoms. The van der Waals surface area contributed by atoms with Crippen LogP contribution in [-0.4, -0.2) is 25.8 Å². The first kappa shape index (κ1) is 12.4. The summed E-state index contributed by atoms with van der Waals surface area (Å²) in [6.45, 7) is 12.5. The molecule has 0 amide bonds. The molecule has 1 aliphatic heterocycles. The molecular weight excluding hydrogens is 198 g/mol. The molecule has 1 saturated heterocycles. The Morgan fingerprint density at radius 3 is 2.44 bits per heavy atom. The highest BCUT2D eigenvalue weighted by Crippen LogP contribution is 2.38. The van der Waals surface area contributed by atoms with Gasteiger partial charge in [-0.15, -0.1) is 0 Å². The Balaban J connectivity index is 1.78. The third-order valence-electron chi connectivity index (χ3n) is 4.39. The van der Waals surface area contributed by atoms with Gasteiger partial charge in [0, 0.05) is 18.0 Å². The van der Waals surface area contributed by atoms with Crippen molar-refractivity contribution < 1.29 is 4.74 Å². The molecule has 94 valence electrons. The minimum Gasteiger partial charge on any atom is -0.380 e. The minimum atomic E-state index is 0.409. The maximum Gasteiger partial charge on any atom is 0.0554 e. The zero-order valence-electron chi connectivity index (χ0n) is 11.3. The van der Waals surface area contributed by atoms with Gasteiger partial charge in [0.25, 0.3) is 0 Å². The number of hydrogen-bond donors (Lipinski definition) is 1. The fourth-order valence-electron chi connectivity index (χ4n) is 3.18. The van der Waals surface area contributed by atoms with E-state index in [2.05, 4.69) is 33.0 Å². The van der Waals surface area contributed by atoms with E-state index >= 15 is 0 Å². The van der Waals surface area contributed by atoms with Crippen LogP contribution >= 0.6 is 0 Å². The quantitative estimate of drug-likeness (QED) is 0.797. The molecule has 1 aliphatic carbocycles. The van der Waals surface area contributed by atoms with Crippen molar-refractivity contribution in [1.29, 1.82) is 0 Å². The van der Waals surface area contributed by atoms with Gasteiger partial charge in [0.2, 0.25) is 0 Å². The fraction of sp³-hybridized carbons (Fsp3) is 1.00. The van der Waals surface area contributed by atoms with Crippen molar-refractivity contribution in [2.24, 2.45) is 16.7 Å². The normalized spacial score (nSPS) is 36.8. The molecule has 1 heterocycles. The summed E-state index contributed by atoms with van der Waals surface area (Å²) in [7, 11) is 0. The predicted molar refractivity (Wildman–Crippen MR) is 67.5 cm³/mol. The largest absolute Gasteiger partial charge is 0.380 e. The Morgan fingerprint density at radius 1 is 1.25 bits per heavy atom. The summed E-state index contributed by atoms with van der Waals surface area (Å²) in [6, 6.07) is 0.727. The molecule has 2 atom stereocenters. The standard InChI is InChI=1S/C14H27NO/c1-11-7-13(2,3)6-5-12(11)15-8-14(4)9-16-10-14/h11-12,15H,5-10H2,1-4H3. The van der Waals surface area contributed by atoms with Crippen LogP contribution in [0.5, 0.6) is 0 Å². The molecule has 2 aliphatic rings. The molecule has 1 N–H and O–H groups in total. The molecule has 16 heavy (non-hydrogen) atoms. The first-order valence-corrected chi connectivity index (χ1v) is 6.71. The third-order valence-corrected chi connectivity index (χ3v) is 4.39. The fourth-order valence-corrected chi connectivity index (χ4v) is 3.18. The number of rotatable bonds is 3. The molecule has 0 aromatic heterocycles. The van der Waals surface area contributed by atoms with Crippen LogP contribution in [0, 0.1) is 16.7 Å². The van der Waals surface area contributed by atoms with E-state index in [1.165, 1.54) is 19.3 Å². The van der Waals surface area contributed by atoms with Gasteiger partial charge in [0.15, 0.2) is 0 Å². The second kappa shape index (κ2) is 4.30. The van der Waals surface area contributed by atoms with Crippen molar-refractivity contribution in [3.8, 4) is 0 Å². The van der Waals surface area contributed by atoms with Crippen LogP contribution in [0.1, 0.15) is 47.0 Å². The Bertz CT molecular complexity index is 245. The zero-order chi connectivity index (χ0) is 11.8. The van der Waals surface area contributed by atoms with Crippen molar-refractivity contribution in [2.45, 2.75) is 53.0 Å². The van der Waals surface area contributed by atoms with Crippen molar-refractivity contribution in [3.63, 3.8) is 0 Å².